The standard InChI is InChI=1S/C11H15N5/c1-3-8(7-12-5-1)14-11-15-9-4-2-6-13-10(9)16-11/h2,4,6,8,12H,1,3,5,7H2,(H2,13,14,15,16)/p+1/t8-/m0/s1. The number of hydrogen-bond donors (Lipinski definition) is 3. The first-order valence-electron chi connectivity index (χ1n) is 5.75. The molecule has 16 heavy (non-hydrogen) atoms. The van der Waals surface area contributed by atoms with Crippen LogP contribution in [0.25, 0.3) is 11.2 Å². The van der Waals surface area contributed by atoms with Crippen LogP contribution < -0.4 is 15.6 Å². The van der Waals surface area contributed by atoms with E-state index in [1.807, 2.05) is 18.3 Å². The molecule has 3 heterocycles. The smallest absolute Gasteiger partial charge is 0.330 e. The number of anilines is 1. The second-order valence-corrected chi connectivity index (χ2v) is 4.21. The summed E-state index contributed by atoms with van der Waals surface area (Å²) in [5.41, 5.74) is 1.93. The zero-order valence-electron chi connectivity index (χ0n) is 9.09. The highest BCUT2D eigenvalue weighted by Crippen LogP contribution is 2.12. The summed E-state index contributed by atoms with van der Waals surface area (Å²) in [4.78, 5) is 10.8. The quantitative estimate of drug-likeness (QED) is 0.689. The fourth-order valence-electron chi connectivity index (χ4n) is 2.13. The minimum absolute atomic E-state index is 0.481. The van der Waals surface area contributed by atoms with Gasteiger partial charge >= 0.3 is 11.6 Å². The molecule has 1 aliphatic heterocycles. The molecule has 2 aromatic rings. The Bertz CT molecular complexity index is 439. The molecule has 1 fully saturated rings. The Balaban J connectivity index is 1.78. The number of nitrogens with one attached hydrogen (secondary N) is 4. The predicted octanol–water partition coefficient (Wildman–Crippen LogP) is 0.541. The minimum atomic E-state index is 0.481. The molecule has 0 aliphatic carbocycles. The van der Waals surface area contributed by atoms with Gasteiger partial charge in [0.05, 0.1) is 6.20 Å². The SMILES string of the molecule is c1c[nH+]c2nc(N[C@H]3CCCNC3)[nH]c2c1. The summed E-state index contributed by atoms with van der Waals surface area (Å²) in [7, 11) is 0. The van der Waals surface area contributed by atoms with Crippen molar-refractivity contribution in [3.05, 3.63) is 18.3 Å². The van der Waals surface area contributed by atoms with Crippen LogP contribution in [0.5, 0.6) is 0 Å². The van der Waals surface area contributed by atoms with E-state index in [0.717, 1.165) is 30.2 Å². The number of aromatic nitrogens is 3. The first-order chi connectivity index (χ1) is 7.92. The maximum Gasteiger partial charge on any atom is 0.349 e. The number of hydrogen-bond acceptors (Lipinski definition) is 3. The van der Waals surface area contributed by atoms with Crippen molar-refractivity contribution in [1.29, 1.82) is 0 Å². The summed E-state index contributed by atoms with van der Waals surface area (Å²) >= 11 is 0. The highest BCUT2D eigenvalue weighted by molar-refractivity contribution is 5.69. The second-order valence-electron chi connectivity index (χ2n) is 4.21. The van der Waals surface area contributed by atoms with Gasteiger partial charge in [-0.25, -0.2) is 4.98 Å². The Morgan fingerprint density at radius 3 is 3.31 bits per heavy atom. The van der Waals surface area contributed by atoms with Crippen molar-refractivity contribution < 1.29 is 4.98 Å². The van der Waals surface area contributed by atoms with Gasteiger partial charge in [0, 0.05) is 12.6 Å². The monoisotopic (exact) mass is 218 g/mol. The van der Waals surface area contributed by atoms with E-state index < -0.39 is 0 Å². The van der Waals surface area contributed by atoms with E-state index in [1.165, 1.54) is 12.8 Å². The maximum atomic E-state index is 4.46. The van der Waals surface area contributed by atoms with Crippen LogP contribution in [0.15, 0.2) is 18.3 Å². The molecule has 2 aromatic heterocycles. The molecule has 5 nitrogen and oxygen atoms in total. The maximum absolute atomic E-state index is 4.46. The van der Waals surface area contributed by atoms with E-state index in [-0.39, 0.29) is 0 Å². The number of aromatic amines is 2. The molecule has 1 saturated heterocycles. The lowest BCUT2D eigenvalue weighted by molar-refractivity contribution is -0.347. The summed E-state index contributed by atoms with van der Waals surface area (Å²) < 4.78 is 0. The molecule has 1 aliphatic rings. The molecule has 0 unspecified atom stereocenters. The van der Waals surface area contributed by atoms with Crippen LogP contribution in [0.1, 0.15) is 12.8 Å². The molecule has 3 rings (SSSR count). The zero-order valence-corrected chi connectivity index (χ0v) is 9.09. The normalized spacial score (nSPS) is 21.1. The number of pyridine rings is 1. The van der Waals surface area contributed by atoms with Crippen molar-refractivity contribution >= 4 is 17.1 Å². The van der Waals surface area contributed by atoms with Gasteiger partial charge in [0.2, 0.25) is 0 Å². The lowest BCUT2D eigenvalue weighted by Gasteiger charge is -2.22. The van der Waals surface area contributed by atoms with Crippen LogP contribution in [-0.4, -0.2) is 29.1 Å². The number of nitrogens with zero attached hydrogens (tertiary/aromatic N) is 1. The van der Waals surface area contributed by atoms with Crippen LogP contribution >= 0.6 is 0 Å². The molecule has 84 valence electrons. The van der Waals surface area contributed by atoms with Crippen molar-refractivity contribution in [2.75, 3.05) is 18.4 Å². The van der Waals surface area contributed by atoms with Gasteiger partial charge in [-0.3, -0.25) is 4.98 Å². The molecule has 0 saturated carbocycles. The number of piperidine rings is 1. The average Bonchev–Trinajstić information content (AvgIpc) is 2.72. The van der Waals surface area contributed by atoms with E-state index in [2.05, 4.69) is 25.6 Å². The first-order valence-corrected chi connectivity index (χ1v) is 5.75. The molecule has 0 radical (unpaired) electrons. The molecule has 0 aromatic carbocycles. The van der Waals surface area contributed by atoms with Gasteiger partial charge in [0.15, 0.2) is 0 Å². The first kappa shape index (κ1) is 9.59. The van der Waals surface area contributed by atoms with Gasteiger partial charge in [0.25, 0.3) is 0 Å². The van der Waals surface area contributed by atoms with Crippen molar-refractivity contribution in [2.24, 2.45) is 0 Å². The Labute approximate surface area is 93.7 Å². The van der Waals surface area contributed by atoms with Gasteiger partial charge in [-0.1, -0.05) is 0 Å². The minimum Gasteiger partial charge on any atom is -0.330 e. The van der Waals surface area contributed by atoms with Crippen LogP contribution in [0.2, 0.25) is 0 Å². The Hall–Kier alpha value is -1.62. The average molecular weight is 218 g/mol. The summed E-state index contributed by atoms with van der Waals surface area (Å²) in [6.07, 6.45) is 4.31. The van der Waals surface area contributed by atoms with E-state index in [9.17, 15) is 0 Å². The third-order valence-corrected chi connectivity index (χ3v) is 2.95. The van der Waals surface area contributed by atoms with Crippen LogP contribution in [0, 0.1) is 0 Å². The summed E-state index contributed by atoms with van der Waals surface area (Å²) in [5.74, 6) is 0.853. The van der Waals surface area contributed by atoms with Crippen molar-refractivity contribution in [2.45, 2.75) is 18.9 Å². The lowest BCUT2D eigenvalue weighted by Crippen LogP contribution is -2.38. The van der Waals surface area contributed by atoms with Crippen LogP contribution in [0.3, 0.4) is 0 Å². The van der Waals surface area contributed by atoms with Gasteiger partial charge in [0.1, 0.15) is 5.52 Å². The Morgan fingerprint density at radius 2 is 2.50 bits per heavy atom. The molecule has 5 heteroatoms. The van der Waals surface area contributed by atoms with Gasteiger partial charge in [-0.05, 0) is 36.5 Å². The summed E-state index contributed by atoms with van der Waals surface area (Å²) in [6.45, 7) is 2.15. The third kappa shape index (κ3) is 1.86. The molecule has 0 amide bonds. The van der Waals surface area contributed by atoms with E-state index >= 15 is 0 Å². The largest absolute Gasteiger partial charge is 0.349 e. The number of rotatable bonds is 2. The summed E-state index contributed by atoms with van der Waals surface area (Å²) in [6, 6.07) is 4.46. The fourth-order valence-corrected chi connectivity index (χ4v) is 2.13. The molecular weight excluding hydrogens is 202 g/mol. The van der Waals surface area contributed by atoms with E-state index in [4.69, 9.17) is 0 Å². The van der Waals surface area contributed by atoms with Crippen LogP contribution in [0.4, 0.5) is 5.95 Å². The fraction of sp³-hybridized carbons (Fsp3) is 0.455. The van der Waals surface area contributed by atoms with Gasteiger partial charge in [-0.15, -0.1) is 0 Å². The predicted molar refractivity (Wildman–Crippen MR) is 62.2 cm³/mol. The van der Waals surface area contributed by atoms with Gasteiger partial charge in [-0.2, -0.15) is 0 Å². The molecular formula is C11H16N5+. The third-order valence-electron chi connectivity index (χ3n) is 2.95. The molecule has 4 N–H and O–H groups in total. The molecule has 0 bridgehead atoms. The van der Waals surface area contributed by atoms with E-state index in [0.29, 0.717) is 6.04 Å². The second kappa shape index (κ2) is 4.09. The topological polar surface area (TPSA) is 66.9 Å². The lowest BCUT2D eigenvalue weighted by atomic mass is 10.1. The van der Waals surface area contributed by atoms with Crippen molar-refractivity contribution in [3.8, 4) is 0 Å². The highest BCUT2D eigenvalue weighted by Gasteiger charge is 2.17. The van der Waals surface area contributed by atoms with Gasteiger partial charge < -0.3 is 10.6 Å². The van der Waals surface area contributed by atoms with Crippen LogP contribution in [-0.2, 0) is 0 Å². The number of imidazole rings is 1. The Morgan fingerprint density at radius 1 is 1.50 bits per heavy atom. The molecule has 1 atom stereocenters. The molecule has 0 spiro atoms. The summed E-state index contributed by atoms with van der Waals surface area (Å²) in [5, 5.41) is 6.80. The Kier molecular flexibility index (Phi) is 2.46. The zero-order chi connectivity index (χ0) is 10.8. The highest BCUT2D eigenvalue weighted by atomic mass is 15.2. The van der Waals surface area contributed by atoms with E-state index in [1.54, 1.807) is 0 Å². The van der Waals surface area contributed by atoms with Crippen molar-refractivity contribution in [3.63, 3.8) is 0 Å². The van der Waals surface area contributed by atoms with Crippen molar-refractivity contribution in [1.82, 2.24) is 15.3 Å². The number of H-pyrrole nitrogens is 2. The number of fused-ring (bicyclic) bond motifs is 1.